The molecule has 0 saturated heterocycles. The Hall–Kier alpha value is -3.06. The van der Waals surface area contributed by atoms with Gasteiger partial charge < -0.3 is 14.8 Å². The van der Waals surface area contributed by atoms with Gasteiger partial charge in [-0.05, 0) is 43.7 Å². The minimum absolute atomic E-state index is 0.283. The SMILES string of the molecule is Cc1ccc(-n2nnc(C(=O)NCc3cc(Cl)c4c(c3)OCCCO4)c2C)cc1. The molecule has 1 amide bonds. The maximum Gasteiger partial charge on any atom is 0.274 e. The van der Waals surface area contributed by atoms with Gasteiger partial charge >= 0.3 is 0 Å². The van der Waals surface area contributed by atoms with Crippen LogP contribution in [0.1, 0.15) is 33.7 Å². The van der Waals surface area contributed by atoms with Crippen LogP contribution in [0.3, 0.4) is 0 Å². The van der Waals surface area contributed by atoms with E-state index in [1.165, 1.54) is 0 Å². The molecule has 150 valence electrons. The summed E-state index contributed by atoms with van der Waals surface area (Å²) in [6.07, 6.45) is 0.799. The van der Waals surface area contributed by atoms with Gasteiger partial charge in [-0.25, -0.2) is 4.68 Å². The van der Waals surface area contributed by atoms with Crippen LogP contribution in [0.15, 0.2) is 36.4 Å². The van der Waals surface area contributed by atoms with Crippen molar-refractivity contribution >= 4 is 17.5 Å². The molecule has 0 bridgehead atoms. The lowest BCUT2D eigenvalue weighted by atomic mass is 10.2. The third kappa shape index (κ3) is 4.05. The van der Waals surface area contributed by atoms with Gasteiger partial charge in [0.25, 0.3) is 5.91 Å². The molecule has 0 aliphatic carbocycles. The van der Waals surface area contributed by atoms with Crippen LogP contribution in [0.25, 0.3) is 5.69 Å². The quantitative estimate of drug-likeness (QED) is 0.708. The maximum absolute atomic E-state index is 12.7. The number of hydrogen-bond donors (Lipinski definition) is 1. The van der Waals surface area contributed by atoms with Gasteiger partial charge in [0.05, 0.1) is 29.6 Å². The number of benzene rings is 2. The summed E-state index contributed by atoms with van der Waals surface area (Å²) >= 11 is 6.32. The summed E-state index contributed by atoms with van der Waals surface area (Å²) in [5, 5.41) is 11.5. The van der Waals surface area contributed by atoms with Crippen molar-refractivity contribution in [2.75, 3.05) is 13.2 Å². The number of fused-ring (bicyclic) bond motifs is 1. The van der Waals surface area contributed by atoms with Crippen LogP contribution >= 0.6 is 11.6 Å². The molecule has 1 N–H and O–H groups in total. The Bertz CT molecular complexity index is 1050. The molecule has 7 nitrogen and oxygen atoms in total. The Balaban J connectivity index is 1.49. The summed E-state index contributed by atoms with van der Waals surface area (Å²) in [4.78, 5) is 12.7. The Kier molecular flexibility index (Phi) is 5.40. The molecule has 0 unspecified atom stereocenters. The molecule has 3 aromatic rings. The summed E-state index contributed by atoms with van der Waals surface area (Å²) in [5.41, 5.74) is 3.78. The Morgan fingerprint density at radius 1 is 1.17 bits per heavy atom. The number of carbonyl (C=O) groups is 1. The van der Waals surface area contributed by atoms with Gasteiger partial charge in [-0.3, -0.25) is 4.79 Å². The van der Waals surface area contributed by atoms with Crippen molar-refractivity contribution in [3.63, 3.8) is 0 Å². The molecule has 0 radical (unpaired) electrons. The molecule has 8 heteroatoms. The van der Waals surface area contributed by atoms with Crippen LogP contribution in [0, 0.1) is 13.8 Å². The molecular weight excluding hydrogens is 392 g/mol. The molecule has 1 aromatic heterocycles. The van der Waals surface area contributed by atoms with Gasteiger partial charge in [-0.15, -0.1) is 5.10 Å². The average molecular weight is 413 g/mol. The molecule has 4 rings (SSSR count). The van der Waals surface area contributed by atoms with Gasteiger partial charge in [-0.1, -0.05) is 34.5 Å². The number of rotatable bonds is 4. The van der Waals surface area contributed by atoms with Crippen molar-refractivity contribution in [2.24, 2.45) is 0 Å². The van der Waals surface area contributed by atoms with E-state index in [1.54, 1.807) is 10.7 Å². The Morgan fingerprint density at radius 3 is 2.72 bits per heavy atom. The van der Waals surface area contributed by atoms with Crippen molar-refractivity contribution in [1.29, 1.82) is 0 Å². The van der Waals surface area contributed by atoms with Crippen LogP contribution in [-0.4, -0.2) is 34.1 Å². The molecular formula is C21H21ClN4O3. The van der Waals surface area contributed by atoms with E-state index in [1.807, 2.05) is 44.2 Å². The van der Waals surface area contributed by atoms with E-state index >= 15 is 0 Å². The summed E-state index contributed by atoms with van der Waals surface area (Å²) < 4.78 is 13.0. The highest BCUT2D eigenvalue weighted by Crippen LogP contribution is 2.37. The van der Waals surface area contributed by atoms with Crippen molar-refractivity contribution in [2.45, 2.75) is 26.8 Å². The number of hydrogen-bond acceptors (Lipinski definition) is 5. The van der Waals surface area contributed by atoms with Crippen LogP contribution < -0.4 is 14.8 Å². The summed E-state index contributed by atoms with van der Waals surface area (Å²) in [7, 11) is 0. The van der Waals surface area contributed by atoms with Crippen LogP contribution in [0.2, 0.25) is 5.02 Å². The fraction of sp³-hybridized carbons (Fsp3) is 0.286. The lowest BCUT2D eigenvalue weighted by molar-refractivity contribution is 0.0945. The zero-order valence-corrected chi connectivity index (χ0v) is 17.0. The predicted molar refractivity (Wildman–Crippen MR) is 109 cm³/mol. The van der Waals surface area contributed by atoms with Gasteiger partial charge in [-0.2, -0.15) is 0 Å². The lowest BCUT2D eigenvalue weighted by Crippen LogP contribution is -2.24. The predicted octanol–water partition coefficient (Wildman–Crippen LogP) is 3.63. The van der Waals surface area contributed by atoms with Crippen molar-refractivity contribution in [3.05, 3.63) is 63.9 Å². The fourth-order valence-electron chi connectivity index (χ4n) is 3.12. The molecule has 1 aliphatic heterocycles. The molecule has 29 heavy (non-hydrogen) atoms. The first kappa shape index (κ1) is 19.3. The average Bonchev–Trinajstić information content (AvgIpc) is 2.93. The number of ether oxygens (including phenoxy) is 2. The zero-order chi connectivity index (χ0) is 20.4. The molecule has 2 heterocycles. The Morgan fingerprint density at radius 2 is 1.93 bits per heavy atom. The number of amides is 1. The Labute approximate surface area is 173 Å². The highest BCUT2D eigenvalue weighted by atomic mass is 35.5. The number of carbonyl (C=O) groups excluding carboxylic acids is 1. The van der Waals surface area contributed by atoms with Crippen molar-refractivity contribution < 1.29 is 14.3 Å². The maximum atomic E-state index is 12.7. The largest absolute Gasteiger partial charge is 0.489 e. The lowest BCUT2D eigenvalue weighted by Gasteiger charge is -2.12. The normalized spacial score (nSPS) is 13.1. The van der Waals surface area contributed by atoms with Crippen LogP contribution in [0.4, 0.5) is 0 Å². The van der Waals surface area contributed by atoms with Gasteiger partial charge in [0.2, 0.25) is 0 Å². The second-order valence-corrected chi connectivity index (χ2v) is 7.32. The minimum Gasteiger partial charge on any atom is -0.489 e. The molecule has 0 fully saturated rings. The van der Waals surface area contributed by atoms with E-state index < -0.39 is 0 Å². The number of nitrogens with zero attached hydrogens (tertiary/aromatic N) is 3. The van der Waals surface area contributed by atoms with E-state index in [0.717, 1.165) is 23.2 Å². The molecule has 1 aliphatic rings. The topological polar surface area (TPSA) is 78.3 Å². The van der Waals surface area contributed by atoms with E-state index in [4.69, 9.17) is 21.1 Å². The molecule has 0 atom stereocenters. The van der Waals surface area contributed by atoms with E-state index in [2.05, 4.69) is 15.6 Å². The fourth-order valence-corrected chi connectivity index (χ4v) is 3.41. The summed E-state index contributed by atoms with van der Waals surface area (Å²) in [5.74, 6) is 0.848. The first-order chi connectivity index (χ1) is 14.0. The van der Waals surface area contributed by atoms with Crippen LogP contribution in [0.5, 0.6) is 11.5 Å². The molecule has 2 aromatic carbocycles. The van der Waals surface area contributed by atoms with Gasteiger partial charge in [0.15, 0.2) is 17.2 Å². The van der Waals surface area contributed by atoms with E-state index in [9.17, 15) is 4.79 Å². The standard InChI is InChI=1S/C21H21ClN4O3/c1-13-4-6-16(7-5-13)26-14(2)19(24-25-26)21(27)23-12-15-10-17(22)20-18(11-15)28-8-3-9-29-20/h4-7,10-11H,3,8-9,12H2,1-2H3,(H,23,27). The summed E-state index contributed by atoms with van der Waals surface area (Å²) in [6.45, 7) is 5.26. The zero-order valence-electron chi connectivity index (χ0n) is 16.2. The van der Waals surface area contributed by atoms with E-state index in [0.29, 0.717) is 35.4 Å². The number of halogens is 1. The third-order valence-corrected chi connectivity index (χ3v) is 4.98. The minimum atomic E-state index is -0.302. The number of aryl methyl sites for hydroxylation is 1. The van der Waals surface area contributed by atoms with Gasteiger partial charge in [0, 0.05) is 13.0 Å². The monoisotopic (exact) mass is 412 g/mol. The van der Waals surface area contributed by atoms with Crippen LogP contribution in [-0.2, 0) is 6.54 Å². The highest BCUT2D eigenvalue weighted by Gasteiger charge is 2.19. The highest BCUT2D eigenvalue weighted by molar-refractivity contribution is 6.32. The molecule has 0 saturated carbocycles. The van der Waals surface area contributed by atoms with Crippen molar-refractivity contribution in [1.82, 2.24) is 20.3 Å². The molecule has 0 spiro atoms. The second-order valence-electron chi connectivity index (χ2n) is 6.91. The number of nitrogens with one attached hydrogen (secondary N) is 1. The summed E-state index contributed by atoms with van der Waals surface area (Å²) in [6, 6.07) is 11.5. The second kappa shape index (κ2) is 8.13. The number of aromatic nitrogens is 3. The third-order valence-electron chi connectivity index (χ3n) is 4.70. The van der Waals surface area contributed by atoms with Crippen molar-refractivity contribution in [3.8, 4) is 17.2 Å². The van der Waals surface area contributed by atoms with E-state index in [-0.39, 0.29) is 18.1 Å². The first-order valence-corrected chi connectivity index (χ1v) is 9.76. The first-order valence-electron chi connectivity index (χ1n) is 9.38. The smallest absolute Gasteiger partial charge is 0.274 e. The van der Waals surface area contributed by atoms with Gasteiger partial charge in [0.1, 0.15) is 0 Å².